The summed E-state index contributed by atoms with van der Waals surface area (Å²) in [6.07, 6.45) is 3.09. The molecule has 0 aliphatic rings. The Hall–Kier alpha value is -3.32. The largest absolute Gasteiger partial charge is 0.504 e. The van der Waals surface area contributed by atoms with Gasteiger partial charge in [0, 0.05) is 16.3 Å². The maximum absolute atomic E-state index is 12.0. The van der Waals surface area contributed by atoms with Crippen LogP contribution in [-0.2, 0) is 16.0 Å². The molecule has 3 N–H and O–H groups in total. The summed E-state index contributed by atoms with van der Waals surface area (Å²) in [4.78, 5) is 23.9. The van der Waals surface area contributed by atoms with Crippen molar-refractivity contribution in [3.05, 3.63) is 64.7 Å². The van der Waals surface area contributed by atoms with Crippen LogP contribution in [0.4, 0.5) is 5.69 Å². The van der Waals surface area contributed by atoms with Crippen LogP contribution in [0.1, 0.15) is 23.1 Å². The molecule has 2 aromatic rings. The Labute approximate surface area is 174 Å². The maximum atomic E-state index is 12.0. The molecule has 0 spiro atoms. The van der Waals surface area contributed by atoms with Crippen LogP contribution in [-0.4, -0.2) is 30.2 Å². The Balaban J connectivity index is 1.95. The zero-order valence-electron chi connectivity index (χ0n) is 16.2. The van der Waals surface area contributed by atoms with E-state index in [-0.39, 0.29) is 11.5 Å². The van der Waals surface area contributed by atoms with E-state index in [0.29, 0.717) is 28.3 Å². The van der Waals surface area contributed by atoms with Crippen molar-refractivity contribution in [2.75, 3.05) is 12.4 Å². The molecule has 0 heterocycles. The quantitative estimate of drug-likeness (QED) is 0.265. The van der Waals surface area contributed by atoms with Crippen LogP contribution in [0.3, 0.4) is 0 Å². The summed E-state index contributed by atoms with van der Waals surface area (Å²) in [6.45, 7) is 5.50. The van der Waals surface area contributed by atoms with E-state index < -0.39 is 18.2 Å². The number of carbonyl (C=O) groups excluding carboxylic acids is 2. The van der Waals surface area contributed by atoms with E-state index in [2.05, 4.69) is 22.4 Å². The van der Waals surface area contributed by atoms with E-state index in [1.165, 1.54) is 13.3 Å². The molecule has 0 radical (unpaired) electrons. The first-order valence-corrected chi connectivity index (χ1v) is 9.10. The van der Waals surface area contributed by atoms with Gasteiger partial charge in [-0.3, -0.25) is 9.59 Å². The van der Waals surface area contributed by atoms with Gasteiger partial charge in [0.15, 0.2) is 11.5 Å². The number of halogens is 1. The van der Waals surface area contributed by atoms with Crippen LogP contribution < -0.4 is 15.5 Å². The Morgan fingerprint density at radius 3 is 2.69 bits per heavy atom. The van der Waals surface area contributed by atoms with Gasteiger partial charge >= 0.3 is 0 Å². The minimum atomic E-state index is -0.575. The third-order valence-corrected chi connectivity index (χ3v) is 4.35. The molecule has 0 aromatic heterocycles. The lowest BCUT2D eigenvalue weighted by molar-refractivity contribution is -0.126. The van der Waals surface area contributed by atoms with Crippen molar-refractivity contribution in [2.24, 2.45) is 5.10 Å². The predicted octanol–water partition coefficient (Wildman–Crippen LogP) is 3.57. The molecule has 0 aliphatic heterocycles. The summed E-state index contributed by atoms with van der Waals surface area (Å²) < 4.78 is 5.13. The van der Waals surface area contributed by atoms with E-state index in [4.69, 9.17) is 16.3 Å². The average molecular weight is 416 g/mol. The minimum absolute atomic E-state index is 0.0291. The van der Waals surface area contributed by atoms with Crippen molar-refractivity contribution in [3.63, 3.8) is 0 Å². The lowest BCUT2D eigenvalue weighted by Gasteiger charge is -2.09. The fourth-order valence-corrected chi connectivity index (χ4v) is 2.65. The molecule has 0 bridgehead atoms. The molecule has 8 heteroatoms. The topological polar surface area (TPSA) is 100 Å². The Bertz CT molecular complexity index is 957. The molecule has 152 valence electrons. The number of nitrogens with zero attached hydrogens (tertiary/aromatic N) is 1. The van der Waals surface area contributed by atoms with E-state index in [1.807, 2.05) is 6.92 Å². The molecule has 0 aliphatic carbocycles. The van der Waals surface area contributed by atoms with Gasteiger partial charge in [0.05, 0.1) is 13.3 Å². The number of methoxy groups -OCH3 is 1. The van der Waals surface area contributed by atoms with Crippen molar-refractivity contribution in [1.82, 2.24) is 5.43 Å². The van der Waals surface area contributed by atoms with Crippen LogP contribution in [0.15, 0.2) is 48.1 Å². The van der Waals surface area contributed by atoms with E-state index >= 15 is 0 Å². The highest BCUT2D eigenvalue weighted by atomic mass is 35.5. The Morgan fingerprint density at radius 1 is 1.28 bits per heavy atom. The summed E-state index contributed by atoms with van der Waals surface area (Å²) in [6, 6.07) is 8.36. The highest BCUT2D eigenvalue weighted by Crippen LogP contribution is 2.31. The minimum Gasteiger partial charge on any atom is -0.504 e. The number of aromatic hydroxyl groups is 1. The van der Waals surface area contributed by atoms with E-state index in [9.17, 15) is 14.7 Å². The molecule has 0 unspecified atom stereocenters. The number of hydrogen-bond donors (Lipinski definition) is 3. The zero-order valence-corrected chi connectivity index (χ0v) is 16.9. The SMILES string of the molecule is C=CCc1cc(C=NNC(=O)CC(=O)Nc2ccc(C)c(Cl)c2)cc(OC)c1O. The Kier molecular flexibility index (Phi) is 7.79. The molecule has 2 aromatic carbocycles. The van der Waals surface area contributed by atoms with Crippen LogP contribution in [0, 0.1) is 6.92 Å². The average Bonchev–Trinajstić information content (AvgIpc) is 2.67. The third kappa shape index (κ3) is 6.36. The lowest BCUT2D eigenvalue weighted by Crippen LogP contribution is -2.24. The first-order valence-electron chi connectivity index (χ1n) is 8.72. The molecule has 29 heavy (non-hydrogen) atoms. The molecule has 2 amide bonds. The number of ether oxygens (including phenoxy) is 1. The molecular formula is C21H22ClN3O4. The van der Waals surface area contributed by atoms with E-state index in [1.54, 1.807) is 36.4 Å². The summed E-state index contributed by atoms with van der Waals surface area (Å²) >= 11 is 6.01. The molecule has 2 rings (SSSR count). The summed E-state index contributed by atoms with van der Waals surface area (Å²) in [5.74, 6) is -0.749. The summed E-state index contributed by atoms with van der Waals surface area (Å²) in [5, 5.41) is 17.0. The third-order valence-electron chi connectivity index (χ3n) is 3.94. The van der Waals surface area contributed by atoms with Crippen molar-refractivity contribution >= 4 is 35.3 Å². The van der Waals surface area contributed by atoms with Crippen molar-refractivity contribution in [2.45, 2.75) is 19.8 Å². The van der Waals surface area contributed by atoms with E-state index in [0.717, 1.165) is 5.56 Å². The number of allylic oxidation sites excluding steroid dienone is 1. The van der Waals surface area contributed by atoms with Crippen molar-refractivity contribution in [3.8, 4) is 11.5 Å². The number of anilines is 1. The molecule has 0 atom stereocenters. The molecular weight excluding hydrogens is 394 g/mol. The summed E-state index contributed by atoms with van der Waals surface area (Å²) in [5.41, 5.74) is 4.91. The van der Waals surface area contributed by atoms with Crippen molar-refractivity contribution in [1.29, 1.82) is 0 Å². The van der Waals surface area contributed by atoms with Gasteiger partial charge in [-0.15, -0.1) is 6.58 Å². The lowest BCUT2D eigenvalue weighted by atomic mass is 10.1. The standard InChI is InChI=1S/C21H22ClN3O4/c1-4-5-15-8-14(9-18(29-3)21(15)28)12-23-25-20(27)11-19(26)24-16-7-6-13(2)17(22)10-16/h4,6-10,12,28H,1,5,11H2,2-3H3,(H,24,26)(H,25,27). The second-order valence-electron chi connectivity index (χ2n) is 6.21. The number of phenols is 1. The second-order valence-corrected chi connectivity index (χ2v) is 6.61. The monoisotopic (exact) mass is 415 g/mol. The second kappa shape index (κ2) is 10.3. The number of nitrogens with one attached hydrogen (secondary N) is 2. The fraction of sp³-hybridized carbons (Fsp3) is 0.190. The maximum Gasteiger partial charge on any atom is 0.249 e. The van der Waals surface area contributed by atoms with Gasteiger partial charge in [-0.2, -0.15) is 5.10 Å². The normalized spacial score (nSPS) is 10.6. The van der Waals surface area contributed by atoms with Gasteiger partial charge in [-0.25, -0.2) is 5.43 Å². The van der Waals surface area contributed by atoms with Gasteiger partial charge in [0.25, 0.3) is 0 Å². The van der Waals surface area contributed by atoms with Gasteiger partial charge < -0.3 is 15.2 Å². The number of rotatable bonds is 8. The molecule has 7 nitrogen and oxygen atoms in total. The number of phenolic OH excluding ortho intramolecular Hbond substituents is 1. The predicted molar refractivity (Wildman–Crippen MR) is 114 cm³/mol. The van der Waals surface area contributed by atoms with Crippen LogP contribution in [0.5, 0.6) is 11.5 Å². The van der Waals surface area contributed by atoms with Crippen LogP contribution in [0.25, 0.3) is 0 Å². The number of hydrogen-bond acceptors (Lipinski definition) is 5. The number of carbonyl (C=O) groups is 2. The van der Waals surface area contributed by atoms with Gasteiger partial charge in [0.2, 0.25) is 11.8 Å². The summed E-state index contributed by atoms with van der Waals surface area (Å²) in [7, 11) is 1.44. The Morgan fingerprint density at radius 2 is 2.03 bits per heavy atom. The van der Waals surface area contributed by atoms with Crippen LogP contribution in [0.2, 0.25) is 5.02 Å². The zero-order chi connectivity index (χ0) is 21.4. The first kappa shape index (κ1) is 22.0. The molecule has 0 saturated heterocycles. The first-order chi connectivity index (χ1) is 13.8. The number of hydrazone groups is 1. The van der Waals surface area contributed by atoms with Gasteiger partial charge in [0.1, 0.15) is 6.42 Å². The number of benzene rings is 2. The van der Waals surface area contributed by atoms with Crippen LogP contribution >= 0.6 is 11.6 Å². The molecule has 0 saturated carbocycles. The molecule has 0 fully saturated rings. The highest BCUT2D eigenvalue weighted by Gasteiger charge is 2.11. The van der Waals surface area contributed by atoms with Gasteiger partial charge in [-0.05, 0) is 48.7 Å². The smallest absolute Gasteiger partial charge is 0.249 e. The fourth-order valence-electron chi connectivity index (χ4n) is 2.47. The highest BCUT2D eigenvalue weighted by molar-refractivity contribution is 6.31. The van der Waals surface area contributed by atoms with Gasteiger partial charge in [-0.1, -0.05) is 23.7 Å². The van der Waals surface area contributed by atoms with Crippen molar-refractivity contribution < 1.29 is 19.4 Å². The number of amides is 2. The number of aryl methyl sites for hydroxylation is 1.